The van der Waals surface area contributed by atoms with E-state index in [1.807, 2.05) is 24.3 Å². The number of hydrogen-bond donors (Lipinski definition) is 3. The van der Waals surface area contributed by atoms with Crippen LogP contribution in [0.2, 0.25) is 5.02 Å². The van der Waals surface area contributed by atoms with Crippen molar-refractivity contribution in [2.24, 2.45) is 5.92 Å². The molecule has 2 rings (SSSR count). The van der Waals surface area contributed by atoms with Crippen molar-refractivity contribution in [1.82, 2.24) is 10.6 Å². The van der Waals surface area contributed by atoms with Gasteiger partial charge in [0.1, 0.15) is 0 Å². The molecule has 1 aromatic carbocycles. The molecule has 2 unspecified atom stereocenters. The van der Waals surface area contributed by atoms with Crippen molar-refractivity contribution in [2.75, 3.05) is 13.1 Å². The van der Waals surface area contributed by atoms with Crippen LogP contribution in [0.5, 0.6) is 0 Å². The van der Waals surface area contributed by atoms with Crippen LogP contribution >= 0.6 is 11.6 Å². The number of hydrogen-bond acceptors (Lipinski definition) is 2. The fraction of sp³-hybridized carbons (Fsp3) is 0.562. The molecule has 1 saturated carbocycles. The van der Waals surface area contributed by atoms with Gasteiger partial charge in [-0.25, -0.2) is 4.79 Å². The number of rotatable bonds is 5. The number of amides is 2. The molecule has 116 valence electrons. The number of benzene rings is 1. The zero-order valence-corrected chi connectivity index (χ0v) is 12.9. The highest BCUT2D eigenvalue weighted by atomic mass is 35.5. The van der Waals surface area contributed by atoms with Gasteiger partial charge in [-0.2, -0.15) is 0 Å². The predicted molar refractivity (Wildman–Crippen MR) is 84.5 cm³/mol. The van der Waals surface area contributed by atoms with Gasteiger partial charge in [-0.05, 0) is 49.3 Å². The molecule has 4 nitrogen and oxygen atoms in total. The number of aliphatic hydroxyl groups is 1. The van der Waals surface area contributed by atoms with Crippen LogP contribution in [0, 0.1) is 5.92 Å². The molecule has 1 aliphatic rings. The normalized spacial score (nSPS) is 21.8. The monoisotopic (exact) mass is 310 g/mol. The van der Waals surface area contributed by atoms with E-state index in [2.05, 4.69) is 10.6 Å². The smallest absolute Gasteiger partial charge is 0.314 e. The Bertz CT molecular complexity index is 450. The van der Waals surface area contributed by atoms with Crippen LogP contribution in [0.15, 0.2) is 24.3 Å². The maximum Gasteiger partial charge on any atom is 0.314 e. The quantitative estimate of drug-likeness (QED) is 0.783. The molecular formula is C16H23ClN2O2. The van der Waals surface area contributed by atoms with E-state index in [9.17, 15) is 9.90 Å². The molecular weight excluding hydrogens is 288 g/mol. The first kappa shape index (κ1) is 16.1. The number of halogens is 1. The standard InChI is InChI=1S/C16H23ClN2O2/c17-14-6-4-12(5-7-14)8-9-18-16(21)19-11-13-2-1-3-15(20)10-13/h4-7,13,15,20H,1-3,8-11H2,(H2,18,19,21). The van der Waals surface area contributed by atoms with Crippen LogP contribution in [0.25, 0.3) is 0 Å². The van der Waals surface area contributed by atoms with Crippen LogP contribution in [0.4, 0.5) is 4.79 Å². The van der Waals surface area contributed by atoms with E-state index >= 15 is 0 Å². The third-order valence-corrected chi connectivity index (χ3v) is 4.17. The van der Waals surface area contributed by atoms with Gasteiger partial charge in [0.05, 0.1) is 6.10 Å². The second-order valence-electron chi connectivity index (χ2n) is 5.70. The maximum atomic E-state index is 11.7. The Kier molecular flexibility index (Phi) is 6.33. The summed E-state index contributed by atoms with van der Waals surface area (Å²) in [6.45, 7) is 1.24. The van der Waals surface area contributed by atoms with Crippen LogP contribution in [-0.2, 0) is 6.42 Å². The average molecular weight is 311 g/mol. The fourth-order valence-corrected chi connectivity index (χ4v) is 2.84. The Morgan fingerprint density at radius 3 is 2.71 bits per heavy atom. The first-order valence-corrected chi connectivity index (χ1v) is 7.95. The summed E-state index contributed by atoms with van der Waals surface area (Å²) in [4.78, 5) is 11.7. The van der Waals surface area contributed by atoms with Gasteiger partial charge in [-0.1, -0.05) is 30.2 Å². The Labute approximate surface area is 130 Å². The van der Waals surface area contributed by atoms with Crippen molar-refractivity contribution in [3.63, 3.8) is 0 Å². The van der Waals surface area contributed by atoms with Gasteiger partial charge in [0.25, 0.3) is 0 Å². The molecule has 1 aliphatic carbocycles. The summed E-state index contributed by atoms with van der Waals surface area (Å²) in [6, 6.07) is 7.50. The second-order valence-corrected chi connectivity index (χ2v) is 6.14. The van der Waals surface area contributed by atoms with E-state index in [4.69, 9.17) is 11.6 Å². The SMILES string of the molecule is O=C(NCCc1ccc(Cl)cc1)NCC1CCCC(O)C1. The Morgan fingerprint density at radius 2 is 2.00 bits per heavy atom. The van der Waals surface area contributed by atoms with Crippen LogP contribution in [0.1, 0.15) is 31.2 Å². The molecule has 5 heteroatoms. The predicted octanol–water partition coefficient (Wildman–Crippen LogP) is 2.73. The third kappa shape index (κ3) is 5.94. The largest absolute Gasteiger partial charge is 0.393 e. The second kappa shape index (κ2) is 8.25. The van der Waals surface area contributed by atoms with E-state index < -0.39 is 0 Å². The zero-order valence-electron chi connectivity index (χ0n) is 12.1. The number of urea groups is 1. The molecule has 0 bridgehead atoms. The van der Waals surface area contributed by atoms with Crippen LogP contribution in [-0.4, -0.2) is 30.3 Å². The molecule has 21 heavy (non-hydrogen) atoms. The van der Waals surface area contributed by atoms with E-state index in [0.717, 1.165) is 42.7 Å². The molecule has 0 aromatic heterocycles. The van der Waals surface area contributed by atoms with Gasteiger partial charge in [0.15, 0.2) is 0 Å². The number of nitrogens with one attached hydrogen (secondary N) is 2. The van der Waals surface area contributed by atoms with Crippen LogP contribution in [0.3, 0.4) is 0 Å². The fourth-order valence-electron chi connectivity index (χ4n) is 2.72. The number of carbonyl (C=O) groups excluding carboxylic acids is 1. The summed E-state index contributed by atoms with van der Waals surface area (Å²) in [5.74, 6) is 0.399. The van der Waals surface area contributed by atoms with Gasteiger partial charge >= 0.3 is 6.03 Å². The average Bonchev–Trinajstić information content (AvgIpc) is 2.47. The summed E-state index contributed by atoms with van der Waals surface area (Å²) in [6.07, 6.45) is 4.41. The van der Waals surface area contributed by atoms with Gasteiger partial charge in [0, 0.05) is 18.1 Å². The molecule has 2 amide bonds. The minimum Gasteiger partial charge on any atom is -0.393 e. The summed E-state index contributed by atoms with van der Waals surface area (Å²) < 4.78 is 0. The molecule has 1 fully saturated rings. The van der Waals surface area contributed by atoms with Gasteiger partial charge in [0.2, 0.25) is 0 Å². The molecule has 1 aromatic rings. The lowest BCUT2D eigenvalue weighted by Crippen LogP contribution is -2.40. The molecule has 2 atom stereocenters. The van der Waals surface area contributed by atoms with E-state index in [-0.39, 0.29) is 12.1 Å². The molecule has 0 aliphatic heterocycles. The molecule has 3 N–H and O–H groups in total. The topological polar surface area (TPSA) is 61.4 Å². The molecule has 0 heterocycles. The highest BCUT2D eigenvalue weighted by Crippen LogP contribution is 2.23. The van der Waals surface area contributed by atoms with Crippen molar-refractivity contribution in [3.05, 3.63) is 34.9 Å². The van der Waals surface area contributed by atoms with Crippen molar-refractivity contribution < 1.29 is 9.90 Å². The lowest BCUT2D eigenvalue weighted by Gasteiger charge is -2.25. The van der Waals surface area contributed by atoms with E-state index in [1.165, 1.54) is 0 Å². The summed E-state index contributed by atoms with van der Waals surface area (Å²) in [5, 5.41) is 16.1. The number of aliphatic hydroxyl groups excluding tert-OH is 1. The third-order valence-electron chi connectivity index (χ3n) is 3.92. The summed E-state index contributed by atoms with van der Waals surface area (Å²) >= 11 is 5.82. The highest BCUT2D eigenvalue weighted by Gasteiger charge is 2.20. The Morgan fingerprint density at radius 1 is 1.24 bits per heavy atom. The minimum atomic E-state index is -0.196. The van der Waals surface area contributed by atoms with E-state index in [1.54, 1.807) is 0 Å². The Hall–Kier alpha value is -1.26. The molecule has 0 spiro atoms. The van der Waals surface area contributed by atoms with Crippen molar-refractivity contribution in [1.29, 1.82) is 0 Å². The van der Waals surface area contributed by atoms with E-state index in [0.29, 0.717) is 19.0 Å². The zero-order chi connectivity index (χ0) is 15.1. The highest BCUT2D eigenvalue weighted by molar-refractivity contribution is 6.30. The molecule has 0 radical (unpaired) electrons. The van der Waals surface area contributed by atoms with Crippen molar-refractivity contribution in [3.8, 4) is 0 Å². The summed E-state index contributed by atoms with van der Waals surface area (Å²) in [5.41, 5.74) is 1.15. The number of carbonyl (C=O) groups is 1. The van der Waals surface area contributed by atoms with Crippen molar-refractivity contribution in [2.45, 2.75) is 38.2 Å². The van der Waals surface area contributed by atoms with Gasteiger partial charge in [-0.15, -0.1) is 0 Å². The van der Waals surface area contributed by atoms with Gasteiger partial charge in [-0.3, -0.25) is 0 Å². The minimum absolute atomic E-state index is 0.135. The lowest BCUT2D eigenvalue weighted by molar-refractivity contribution is 0.101. The van der Waals surface area contributed by atoms with Gasteiger partial charge < -0.3 is 15.7 Å². The maximum absolute atomic E-state index is 11.7. The molecule has 0 saturated heterocycles. The van der Waals surface area contributed by atoms with Crippen LogP contribution < -0.4 is 10.6 Å². The first-order chi connectivity index (χ1) is 10.1. The first-order valence-electron chi connectivity index (χ1n) is 7.57. The lowest BCUT2D eigenvalue weighted by atomic mass is 9.87. The Balaban J connectivity index is 1.60. The summed E-state index contributed by atoms with van der Waals surface area (Å²) in [7, 11) is 0. The van der Waals surface area contributed by atoms with Crippen molar-refractivity contribution >= 4 is 17.6 Å².